The van der Waals surface area contributed by atoms with Gasteiger partial charge in [-0.15, -0.1) is 0 Å². The first-order valence-corrected chi connectivity index (χ1v) is 6.82. The molecule has 0 bridgehead atoms. The van der Waals surface area contributed by atoms with Crippen LogP contribution in [0.3, 0.4) is 0 Å². The van der Waals surface area contributed by atoms with Crippen LogP contribution in [0.4, 0.5) is 18.9 Å². The van der Waals surface area contributed by atoms with E-state index in [2.05, 4.69) is 0 Å². The molecule has 0 unspecified atom stereocenters. The topological polar surface area (TPSA) is 72.7 Å². The van der Waals surface area contributed by atoms with Crippen molar-refractivity contribution in [2.75, 3.05) is 13.2 Å². The van der Waals surface area contributed by atoms with Crippen LogP contribution in [0.2, 0.25) is 5.02 Å². The summed E-state index contributed by atoms with van der Waals surface area (Å²) in [6.45, 7) is 0.884. The van der Waals surface area contributed by atoms with Crippen molar-refractivity contribution in [1.29, 1.82) is 0 Å². The van der Waals surface area contributed by atoms with Gasteiger partial charge in [-0.2, -0.15) is 13.2 Å². The van der Waals surface area contributed by atoms with E-state index in [0.717, 1.165) is 12.1 Å². The minimum atomic E-state index is -4.52. The number of nitro benzene ring substituents is 1. The van der Waals surface area contributed by atoms with E-state index in [9.17, 15) is 28.1 Å². The summed E-state index contributed by atoms with van der Waals surface area (Å²) in [6, 6.07) is 2.75. The molecule has 0 spiro atoms. The number of carbonyl (C=O) groups is 1. The van der Waals surface area contributed by atoms with Crippen LogP contribution in [0.15, 0.2) is 18.2 Å². The maximum Gasteiger partial charge on any atom is 0.406 e. The van der Waals surface area contributed by atoms with E-state index in [-0.39, 0.29) is 16.5 Å². The predicted molar refractivity (Wildman–Crippen MR) is 76.5 cm³/mol. The summed E-state index contributed by atoms with van der Waals surface area (Å²) in [5.41, 5.74) is -0.341. The zero-order chi connectivity index (χ0) is 17.8. The Morgan fingerprint density at radius 2 is 2.04 bits per heavy atom. The molecule has 23 heavy (non-hydrogen) atoms. The molecule has 0 heterocycles. The van der Waals surface area contributed by atoms with Gasteiger partial charge in [-0.3, -0.25) is 14.9 Å². The fourth-order valence-corrected chi connectivity index (χ4v) is 1.94. The summed E-state index contributed by atoms with van der Waals surface area (Å²) >= 11 is 5.67. The monoisotopic (exact) mass is 354 g/mol. The number of alkyl halides is 3. The molecule has 0 N–H and O–H groups in total. The molecule has 1 amide bonds. The van der Waals surface area contributed by atoms with Crippen molar-refractivity contribution >= 4 is 23.2 Å². The summed E-state index contributed by atoms with van der Waals surface area (Å²) in [5.74, 6) is -0.809. The Bertz CT molecular complexity index is 593. The third-order valence-electron chi connectivity index (χ3n) is 2.77. The van der Waals surface area contributed by atoms with Crippen LogP contribution in [-0.2, 0) is 4.79 Å². The highest BCUT2D eigenvalue weighted by Crippen LogP contribution is 2.28. The van der Waals surface area contributed by atoms with Crippen LogP contribution in [0.25, 0.3) is 0 Å². The summed E-state index contributed by atoms with van der Waals surface area (Å²) in [6.07, 6.45) is -4.52. The lowest BCUT2D eigenvalue weighted by Gasteiger charge is -2.27. The standard InChI is InChI=1S/C13H14ClF3N2O4/c1-8(2)18(7-13(15,16)17)12(20)6-23-9-3-4-11(19(21)22)10(14)5-9/h3-5,8H,6-7H2,1-2H3. The number of ether oxygens (including phenoxy) is 1. The molecule has 0 saturated carbocycles. The molecule has 10 heteroatoms. The van der Waals surface area contributed by atoms with E-state index in [0.29, 0.717) is 4.90 Å². The van der Waals surface area contributed by atoms with Crippen LogP contribution in [0.1, 0.15) is 13.8 Å². The lowest BCUT2D eigenvalue weighted by molar-refractivity contribution is -0.384. The van der Waals surface area contributed by atoms with Crippen LogP contribution >= 0.6 is 11.6 Å². The van der Waals surface area contributed by atoms with Gasteiger partial charge < -0.3 is 9.64 Å². The quantitative estimate of drug-likeness (QED) is 0.579. The largest absolute Gasteiger partial charge is 0.484 e. The maximum atomic E-state index is 12.4. The number of nitrogens with zero attached hydrogens (tertiary/aromatic N) is 2. The SMILES string of the molecule is CC(C)N(CC(F)(F)F)C(=O)COc1ccc([N+](=O)[O-])c(Cl)c1. The number of halogens is 4. The number of hydrogen-bond donors (Lipinski definition) is 0. The summed E-state index contributed by atoms with van der Waals surface area (Å²) < 4.78 is 42.4. The summed E-state index contributed by atoms with van der Waals surface area (Å²) in [5, 5.41) is 10.4. The molecule has 1 aromatic rings. The number of carbonyl (C=O) groups excluding carboxylic acids is 1. The van der Waals surface area contributed by atoms with Crippen molar-refractivity contribution in [1.82, 2.24) is 4.90 Å². The highest BCUT2D eigenvalue weighted by Gasteiger charge is 2.34. The Labute approximate surface area is 134 Å². The van der Waals surface area contributed by atoms with Gasteiger partial charge in [0.2, 0.25) is 0 Å². The third-order valence-corrected chi connectivity index (χ3v) is 3.07. The predicted octanol–water partition coefficient (Wildman–Crippen LogP) is 3.43. The van der Waals surface area contributed by atoms with Gasteiger partial charge in [0.25, 0.3) is 11.6 Å². The molecule has 0 aliphatic carbocycles. The van der Waals surface area contributed by atoms with Crippen molar-refractivity contribution in [3.63, 3.8) is 0 Å². The van der Waals surface area contributed by atoms with Crippen LogP contribution in [0.5, 0.6) is 5.75 Å². The summed E-state index contributed by atoms with van der Waals surface area (Å²) in [4.78, 5) is 22.4. The molecule has 128 valence electrons. The van der Waals surface area contributed by atoms with Gasteiger partial charge in [-0.05, 0) is 19.9 Å². The molecule has 0 aliphatic rings. The minimum Gasteiger partial charge on any atom is -0.484 e. The normalized spacial score (nSPS) is 11.4. The van der Waals surface area contributed by atoms with E-state index in [1.165, 1.54) is 19.9 Å². The first-order chi connectivity index (χ1) is 10.5. The first kappa shape index (κ1) is 19.0. The second kappa shape index (κ2) is 7.49. The van der Waals surface area contributed by atoms with E-state index in [4.69, 9.17) is 16.3 Å². The number of amides is 1. The number of rotatable bonds is 6. The number of nitro groups is 1. The third kappa shape index (κ3) is 5.93. The number of hydrogen-bond acceptors (Lipinski definition) is 4. The van der Waals surface area contributed by atoms with Crippen LogP contribution in [-0.4, -0.2) is 41.1 Å². The van der Waals surface area contributed by atoms with Crippen LogP contribution < -0.4 is 4.74 Å². The van der Waals surface area contributed by atoms with E-state index in [1.54, 1.807) is 0 Å². The maximum absolute atomic E-state index is 12.4. The Morgan fingerprint density at radius 1 is 1.43 bits per heavy atom. The molecule has 0 atom stereocenters. The molecular formula is C13H14ClF3N2O4. The smallest absolute Gasteiger partial charge is 0.406 e. The summed E-state index contributed by atoms with van der Waals surface area (Å²) in [7, 11) is 0. The fourth-order valence-electron chi connectivity index (χ4n) is 1.71. The van der Waals surface area contributed by atoms with Crippen molar-refractivity contribution in [2.24, 2.45) is 0 Å². The Kier molecular flexibility index (Phi) is 6.20. The fraction of sp³-hybridized carbons (Fsp3) is 0.462. The van der Waals surface area contributed by atoms with E-state index in [1.807, 2.05) is 0 Å². The van der Waals surface area contributed by atoms with Crippen molar-refractivity contribution < 1.29 is 27.6 Å². The first-order valence-electron chi connectivity index (χ1n) is 6.44. The van der Waals surface area contributed by atoms with E-state index >= 15 is 0 Å². The lowest BCUT2D eigenvalue weighted by Crippen LogP contribution is -2.45. The van der Waals surface area contributed by atoms with Gasteiger partial charge in [0.1, 0.15) is 17.3 Å². The highest BCUT2D eigenvalue weighted by molar-refractivity contribution is 6.32. The van der Waals surface area contributed by atoms with Gasteiger partial charge in [0.05, 0.1) is 4.92 Å². The van der Waals surface area contributed by atoms with Gasteiger partial charge in [0, 0.05) is 18.2 Å². The van der Waals surface area contributed by atoms with Crippen LogP contribution in [0, 0.1) is 10.1 Å². The van der Waals surface area contributed by atoms with Crippen molar-refractivity contribution in [2.45, 2.75) is 26.1 Å². The molecule has 0 saturated heterocycles. The molecule has 6 nitrogen and oxygen atoms in total. The zero-order valence-corrected chi connectivity index (χ0v) is 13.0. The van der Waals surface area contributed by atoms with Crippen molar-refractivity contribution in [3.05, 3.63) is 33.3 Å². The van der Waals surface area contributed by atoms with Gasteiger partial charge in [-0.1, -0.05) is 11.6 Å². The molecule has 0 radical (unpaired) electrons. The Balaban J connectivity index is 2.74. The molecular weight excluding hydrogens is 341 g/mol. The zero-order valence-electron chi connectivity index (χ0n) is 12.3. The molecule has 1 rings (SSSR count). The highest BCUT2D eigenvalue weighted by atomic mass is 35.5. The second-order valence-electron chi connectivity index (χ2n) is 4.89. The Morgan fingerprint density at radius 3 is 2.48 bits per heavy atom. The molecule has 1 aromatic carbocycles. The number of benzene rings is 1. The lowest BCUT2D eigenvalue weighted by atomic mass is 10.3. The van der Waals surface area contributed by atoms with E-state index < -0.39 is 36.2 Å². The molecule has 0 fully saturated rings. The van der Waals surface area contributed by atoms with Crippen molar-refractivity contribution in [3.8, 4) is 5.75 Å². The minimum absolute atomic E-state index is 0.0460. The van der Waals surface area contributed by atoms with Gasteiger partial charge >= 0.3 is 6.18 Å². The average Bonchev–Trinajstić information content (AvgIpc) is 2.40. The van der Waals surface area contributed by atoms with Gasteiger partial charge in [0.15, 0.2) is 6.61 Å². The average molecular weight is 355 g/mol. The Hall–Kier alpha value is -2.03. The molecule has 0 aliphatic heterocycles. The van der Waals surface area contributed by atoms with Gasteiger partial charge in [-0.25, -0.2) is 0 Å². The second-order valence-corrected chi connectivity index (χ2v) is 5.30. The molecule has 0 aromatic heterocycles.